The van der Waals surface area contributed by atoms with Crippen molar-refractivity contribution in [3.63, 3.8) is 0 Å². The highest BCUT2D eigenvalue weighted by molar-refractivity contribution is 7.10. The predicted molar refractivity (Wildman–Crippen MR) is 74.4 cm³/mol. The van der Waals surface area contributed by atoms with E-state index in [9.17, 15) is 0 Å². The van der Waals surface area contributed by atoms with E-state index in [4.69, 9.17) is 16.3 Å². The van der Waals surface area contributed by atoms with Crippen LogP contribution in [0.25, 0.3) is 0 Å². The summed E-state index contributed by atoms with van der Waals surface area (Å²) in [6.07, 6.45) is 0. The first-order chi connectivity index (χ1) is 8.22. The second-order valence-electron chi connectivity index (χ2n) is 3.85. The Bertz CT molecular complexity index is 479. The molecule has 1 aromatic carbocycles. The van der Waals surface area contributed by atoms with Gasteiger partial charge in [0.05, 0.1) is 12.0 Å². The maximum absolute atomic E-state index is 6.52. The number of hydrogen-bond donors (Lipinski definition) is 0. The van der Waals surface area contributed by atoms with E-state index in [2.05, 4.69) is 19.1 Å². The predicted octanol–water partition coefficient (Wildman–Crippen LogP) is 4.78. The Morgan fingerprint density at radius 1 is 1.35 bits per heavy atom. The van der Waals surface area contributed by atoms with Crippen molar-refractivity contribution in [1.82, 2.24) is 0 Å². The van der Waals surface area contributed by atoms with Gasteiger partial charge in [-0.15, -0.1) is 22.9 Å². The van der Waals surface area contributed by atoms with Gasteiger partial charge in [0.15, 0.2) is 0 Å². The lowest BCUT2D eigenvalue weighted by atomic mass is 10.1. The van der Waals surface area contributed by atoms with Gasteiger partial charge in [-0.25, -0.2) is 0 Å². The van der Waals surface area contributed by atoms with E-state index in [1.54, 1.807) is 11.3 Å². The zero-order chi connectivity index (χ0) is 12.3. The highest BCUT2D eigenvalue weighted by atomic mass is 35.5. The molecule has 1 aromatic heterocycles. The molecular formula is C14H15ClOS. The van der Waals surface area contributed by atoms with Crippen LogP contribution in [0.3, 0.4) is 0 Å². The summed E-state index contributed by atoms with van der Waals surface area (Å²) < 4.78 is 5.63. The topological polar surface area (TPSA) is 9.23 Å². The van der Waals surface area contributed by atoms with Crippen LogP contribution in [-0.2, 0) is 0 Å². The van der Waals surface area contributed by atoms with Gasteiger partial charge in [-0.05, 0) is 31.4 Å². The van der Waals surface area contributed by atoms with E-state index in [1.165, 1.54) is 5.56 Å². The van der Waals surface area contributed by atoms with Gasteiger partial charge in [-0.3, -0.25) is 0 Å². The molecule has 0 amide bonds. The zero-order valence-electron chi connectivity index (χ0n) is 9.94. The molecule has 1 atom stereocenters. The van der Waals surface area contributed by atoms with Crippen LogP contribution in [0.2, 0.25) is 0 Å². The van der Waals surface area contributed by atoms with E-state index >= 15 is 0 Å². The van der Waals surface area contributed by atoms with Crippen molar-refractivity contribution in [3.8, 4) is 5.75 Å². The maximum Gasteiger partial charge on any atom is 0.124 e. The molecule has 0 aliphatic carbocycles. The molecule has 0 N–H and O–H groups in total. The van der Waals surface area contributed by atoms with Gasteiger partial charge in [-0.2, -0.15) is 0 Å². The van der Waals surface area contributed by atoms with Crippen LogP contribution in [0.5, 0.6) is 5.75 Å². The van der Waals surface area contributed by atoms with E-state index < -0.39 is 0 Å². The molecule has 0 spiro atoms. The Kier molecular flexibility index (Phi) is 4.08. The smallest absolute Gasteiger partial charge is 0.124 e. The van der Waals surface area contributed by atoms with Gasteiger partial charge < -0.3 is 4.74 Å². The van der Waals surface area contributed by atoms with E-state index in [-0.39, 0.29) is 5.38 Å². The molecule has 2 aromatic rings. The molecule has 90 valence electrons. The highest BCUT2D eigenvalue weighted by Gasteiger charge is 2.16. The third-order valence-electron chi connectivity index (χ3n) is 2.53. The van der Waals surface area contributed by atoms with Crippen LogP contribution >= 0.6 is 22.9 Å². The maximum atomic E-state index is 6.52. The average Bonchev–Trinajstić information content (AvgIpc) is 2.84. The number of benzene rings is 1. The van der Waals surface area contributed by atoms with E-state index in [0.29, 0.717) is 6.61 Å². The summed E-state index contributed by atoms with van der Waals surface area (Å²) in [6.45, 7) is 4.71. The zero-order valence-corrected chi connectivity index (χ0v) is 11.5. The van der Waals surface area contributed by atoms with Gasteiger partial charge in [0, 0.05) is 10.4 Å². The average molecular weight is 267 g/mol. The minimum absolute atomic E-state index is 0.128. The Hall–Kier alpha value is -0.990. The second-order valence-corrected chi connectivity index (χ2v) is 5.27. The Balaban J connectivity index is 2.38. The van der Waals surface area contributed by atoms with E-state index in [0.717, 1.165) is 16.2 Å². The van der Waals surface area contributed by atoms with Crippen LogP contribution in [0.1, 0.15) is 28.3 Å². The molecule has 0 saturated heterocycles. The van der Waals surface area contributed by atoms with Crippen molar-refractivity contribution in [2.75, 3.05) is 6.61 Å². The summed E-state index contributed by atoms with van der Waals surface area (Å²) in [5.41, 5.74) is 2.25. The molecule has 1 unspecified atom stereocenters. The molecule has 0 aliphatic heterocycles. The molecule has 2 rings (SSSR count). The lowest BCUT2D eigenvalue weighted by Gasteiger charge is -2.14. The molecule has 0 fully saturated rings. The minimum atomic E-state index is -0.128. The first-order valence-corrected chi connectivity index (χ1v) is 6.94. The summed E-state index contributed by atoms with van der Waals surface area (Å²) in [7, 11) is 0. The molecule has 0 aliphatic rings. The molecule has 0 saturated carbocycles. The number of alkyl halides is 1. The Morgan fingerprint density at radius 2 is 2.18 bits per heavy atom. The standard InChI is InChI=1S/C14H15ClOS/c1-3-16-12-7-6-10(2)9-11(12)14(15)13-5-4-8-17-13/h4-9,14H,3H2,1-2H3. The number of ether oxygens (including phenoxy) is 1. The van der Waals surface area contributed by atoms with Gasteiger partial charge >= 0.3 is 0 Å². The van der Waals surface area contributed by atoms with Crippen LogP contribution < -0.4 is 4.74 Å². The summed E-state index contributed by atoms with van der Waals surface area (Å²) in [6, 6.07) is 10.2. The molecule has 17 heavy (non-hydrogen) atoms. The van der Waals surface area contributed by atoms with Gasteiger partial charge in [-0.1, -0.05) is 23.8 Å². The normalized spacial score (nSPS) is 12.4. The molecule has 0 radical (unpaired) electrons. The van der Waals surface area contributed by atoms with Gasteiger partial charge in [0.25, 0.3) is 0 Å². The first-order valence-electron chi connectivity index (χ1n) is 5.63. The lowest BCUT2D eigenvalue weighted by Crippen LogP contribution is -1.99. The number of hydrogen-bond acceptors (Lipinski definition) is 2. The van der Waals surface area contributed by atoms with Crippen LogP contribution in [-0.4, -0.2) is 6.61 Å². The molecule has 1 nitrogen and oxygen atoms in total. The summed E-state index contributed by atoms with van der Waals surface area (Å²) in [5, 5.41) is 1.91. The summed E-state index contributed by atoms with van der Waals surface area (Å²) in [4.78, 5) is 1.15. The number of rotatable bonds is 4. The molecular weight excluding hydrogens is 252 g/mol. The Morgan fingerprint density at radius 3 is 2.82 bits per heavy atom. The third kappa shape index (κ3) is 2.82. The fourth-order valence-electron chi connectivity index (χ4n) is 1.74. The molecule has 1 heterocycles. The van der Waals surface area contributed by atoms with Crippen LogP contribution in [0, 0.1) is 6.92 Å². The summed E-state index contributed by atoms with van der Waals surface area (Å²) in [5.74, 6) is 0.881. The molecule has 3 heteroatoms. The van der Waals surface area contributed by atoms with E-state index in [1.807, 2.05) is 30.5 Å². The second kappa shape index (κ2) is 5.56. The fraction of sp³-hybridized carbons (Fsp3) is 0.286. The third-order valence-corrected chi connectivity index (χ3v) is 4.07. The van der Waals surface area contributed by atoms with Crippen molar-refractivity contribution in [1.29, 1.82) is 0 Å². The summed E-state index contributed by atoms with van der Waals surface area (Å²) >= 11 is 8.19. The Labute approximate surface area is 111 Å². The molecule has 0 bridgehead atoms. The van der Waals surface area contributed by atoms with Crippen molar-refractivity contribution in [2.24, 2.45) is 0 Å². The number of halogens is 1. The van der Waals surface area contributed by atoms with Crippen molar-refractivity contribution >= 4 is 22.9 Å². The quantitative estimate of drug-likeness (QED) is 0.724. The largest absolute Gasteiger partial charge is 0.494 e. The fourth-order valence-corrected chi connectivity index (χ4v) is 2.86. The first kappa shape index (κ1) is 12.5. The monoisotopic (exact) mass is 266 g/mol. The number of aryl methyl sites for hydroxylation is 1. The van der Waals surface area contributed by atoms with Crippen molar-refractivity contribution in [3.05, 3.63) is 51.7 Å². The van der Waals surface area contributed by atoms with Crippen molar-refractivity contribution in [2.45, 2.75) is 19.2 Å². The SMILES string of the molecule is CCOc1ccc(C)cc1C(Cl)c1cccs1. The highest BCUT2D eigenvalue weighted by Crippen LogP contribution is 2.37. The van der Waals surface area contributed by atoms with Crippen LogP contribution in [0.15, 0.2) is 35.7 Å². The number of thiophene rings is 1. The van der Waals surface area contributed by atoms with Crippen molar-refractivity contribution < 1.29 is 4.74 Å². The lowest BCUT2D eigenvalue weighted by molar-refractivity contribution is 0.337. The van der Waals surface area contributed by atoms with Gasteiger partial charge in [0.2, 0.25) is 0 Å². The minimum Gasteiger partial charge on any atom is -0.494 e. The van der Waals surface area contributed by atoms with Gasteiger partial charge in [0.1, 0.15) is 5.75 Å². The van der Waals surface area contributed by atoms with Crippen LogP contribution in [0.4, 0.5) is 0 Å².